The molecule has 1 fully saturated rings. The number of aromatic carboxylic acids is 1. The van der Waals surface area contributed by atoms with E-state index in [1.165, 1.54) is 5.51 Å². The molecule has 1 aliphatic rings. The smallest absolute Gasteiger partial charge is 0.356 e. The molecule has 0 atom stereocenters. The SMILES string of the molecule is CC1(C)C(CNS(=O)(=O)c2scnc2C(=O)O)C1(C)C. The molecule has 1 aromatic rings. The van der Waals surface area contributed by atoms with Crippen molar-refractivity contribution >= 4 is 27.3 Å². The number of carbonyl (C=O) groups is 1. The second-order valence-electron chi connectivity index (χ2n) is 6.14. The predicted octanol–water partition coefficient (Wildman–Crippen LogP) is 1.80. The first-order chi connectivity index (χ1) is 9.02. The Bertz CT molecular complexity index is 632. The van der Waals surface area contributed by atoms with Gasteiger partial charge in [0, 0.05) is 6.54 Å². The fourth-order valence-corrected chi connectivity index (χ4v) is 4.90. The quantitative estimate of drug-likeness (QED) is 0.863. The van der Waals surface area contributed by atoms with Crippen molar-refractivity contribution in [2.75, 3.05) is 6.54 Å². The van der Waals surface area contributed by atoms with E-state index in [1.54, 1.807) is 0 Å². The van der Waals surface area contributed by atoms with Crippen molar-refractivity contribution in [3.05, 3.63) is 11.2 Å². The van der Waals surface area contributed by atoms with Crippen LogP contribution in [0.25, 0.3) is 0 Å². The third kappa shape index (κ3) is 2.25. The van der Waals surface area contributed by atoms with Crippen molar-refractivity contribution in [3.63, 3.8) is 0 Å². The summed E-state index contributed by atoms with van der Waals surface area (Å²) in [6.07, 6.45) is 0. The van der Waals surface area contributed by atoms with Gasteiger partial charge in [-0.2, -0.15) is 0 Å². The summed E-state index contributed by atoms with van der Waals surface area (Å²) in [4.78, 5) is 14.5. The molecule has 1 saturated carbocycles. The standard InChI is InChI=1S/C12H18N2O4S2/c1-11(2)7(12(11,3)4)5-14-20(17,18)10-8(9(15)16)13-6-19-10/h6-7,14H,5H2,1-4H3,(H,15,16). The van der Waals surface area contributed by atoms with Crippen molar-refractivity contribution in [3.8, 4) is 0 Å². The number of rotatable bonds is 5. The zero-order valence-corrected chi connectivity index (χ0v) is 13.4. The number of carboxylic acids is 1. The van der Waals surface area contributed by atoms with Gasteiger partial charge in [0.15, 0.2) is 9.90 Å². The van der Waals surface area contributed by atoms with Crippen molar-refractivity contribution in [1.29, 1.82) is 0 Å². The first-order valence-electron chi connectivity index (χ1n) is 6.18. The van der Waals surface area contributed by atoms with Crippen LogP contribution in [0.2, 0.25) is 0 Å². The Kier molecular flexibility index (Phi) is 3.47. The molecule has 8 heteroatoms. The number of nitrogens with zero attached hydrogens (tertiary/aromatic N) is 1. The van der Waals surface area contributed by atoms with E-state index in [-0.39, 0.29) is 21.0 Å². The summed E-state index contributed by atoms with van der Waals surface area (Å²) in [7, 11) is -3.82. The lowest BCUT2D eigenvalue weighted by molar-refractivity contribution is 0.0687. The highest BCUT2D eigenvalue weighted by molar-refractivity contribution is 7.91. The molecule has 0 aliphatic heterocycles. The van der Waals surface area contributed by atoms with Gasteiger partial charge in [-0.15, -0.1) is 11.3 Å². The second-order valence-corrected chi connectivity index (χ2v) is 8.96. The van der Waals surface area contributed by atoms with E-state index in [4.69, 9.17) is 5.11 Å². The average Bonchev–Trinajstić information content (AvgIpc) is 2.72. The molecule has 1 aliphatic carbocycles. The maximum atomic E-state index is 12.2. The molecule has 0 aromatic carbocycles. The van der Waals surface area contributed by atoms with Crippen LogP contribution in [-0.4, -0.2) is 31.0 Å². The van der Waals surface area contributed by atoms with Crippen molar-refractivity contribution in [2.45, 2.75) is 31.9 Å². The number of carboxylic acid groups (broad SMARTS) is 1. The number of nitrogens with one attached hydrogen (secondary N) is 1. The number of hydrogen-bond donors (Lipinski definition) is 2. The van der Waals surface area contributed by atoms with E-state index in [2.05, 4.69) is 37.4 Å². The highest BCUT2D eigenvalue weighted by Gasteiger charge is 2.64. The number of hydrogen-bond acceptors (Lipinski definition) is 5. The van der Waals surface area contributed by atoms with Crippen LogP contribution in [0.15, 0.2) is 9.72 Å². The van der Waals surface area contributed by atoms with Gasteiger partial charge in [0.1, 0.15) is 0 Å². The molecule has 2 N–H and O–H groups in total. The zero-order valence-electron chi connectivity index (χ0n) is 11.8. The molecule has 1 heterocycles. The fraction of sp³-hybridized carbons (Fsp3) is 0.667. The first kappa shape index (κ1) is 15.4. The largest absolute Gasteiger partial charge is 0.476 e. The molecule has 2 rings (SSSR count). The van der Waals surface area contributed by atoms with Gasteiger partial charge >= 0.3 is 5.97 Å². The van der Waals surface area contributed by atoms with Crippen LogP contribution in [0.3, 0.4) is 0 Å². The lowest BCUT2D eigenvalue weighted by Gasteiger charge is -2.06. The molecule has 112 valence electrons. The number of thiazole rings is 1. The van der Waals surface area contributed by atoms with Crippen molar-refractivity contribution in [1.82, 2.24) is 9.71 Å². The molecular weight excluding hydrogens is 300 g/mol. The monoisotopic (exact) mass is 318 g/mol. The highest BCUT2D eigenvalue weighted by Crippen LogP contribution is 2.67. The predicted molar refractivity (Wildman–Crippen MR) is 75.3 cm³/mol. The van der Waals surface area contributed by atoms with Gasteiger partial charge in [-0.1, -0.05) is 27.7 Å². The van der Waals surface area contributed by atoms with Crippen LogP contribution < -0.4 is 4.72 Å². The molecule has 20 heavy (non-hydrogen) atoms. The maximum Gasteiger partial charge on any atom is 0.356 e. The summed E-state index contributed by atoms with van der Waals surface area (Å²) in [5.41, 5.74) is 0.942. The van der Waals surface area contributed by atoms with Gasteiger partial charge in [0.2, 0.25) is 0 Å². The third-order valence-electron chi connectivity index (χ3n) is 4.78. The minimum absolute atomic E-state index is 0.0683. The number of sulfonamides is 1. The molecule has 0 bridgehead atoms. The highest BCUT2D eigenvalue weighted by atomic mass is 32.2. The van der Waals surface area contributed by atoms with Crippen LogP contribution >= 0.6 is 11.3 Å². The van der Waals surface area contributed by atoms with E-state index in [0.717, 1.165) is 11.3 Å². The molecule has 0 spiro atoms. The van der Waals surface area contributed by atoms with Gasteiger partial charge in [0.25, 0.3) is 10.0 Å². The van der Waals surface area contributed by atoms with Crippen molar-refractivity contribution < 1.29 is 18.3 Å². The Morgan fingerprint density at radius 3 is 2.40 bits per heavy atom. The van der Waals surface area contributed by atoms with E-state index in [0.29, 0.717) is 6.54 Å². The summed E-state index contributed by atoms with van der Waals surface area (Å²) >= 11 is 0.814. The minimum Gasteiger partial charge on any atom is -0.476 e. The molecule has 1 aromatic heterocycles. The minimum atomic E-state index is -3.82. The molecule has 0 amide bonds. The van der Waals surface area contributed by atoms with Gasteiger partial charge in [-0.3, -0.25) is 0 Å². The van der Waals surface area contributed by atoms with Crippen molar-refractivity contribution in [2.24, 2.45) is 16.7 Å². The first-order valence-corrected chi connectivity index (χ1v) is 8.54. The fourth-order valence-electron chi connectivity index (χ4n) is 2.67. The maximum absolute atomic E-state index is 12.2. The summed E-state index contributed by atoms with van der Waals surface area (Å²) in [5.74, 6) is -1.11. The Balaban J connectivity index is 2.14. The van der Waals surface area contributed by atoms with Gasteiger partial charge in [-0.05, 0) is 16.7 Å². The summed E-state index contributed by atoms with van der Waals surface area (Å²) < 4.78 is 26.6. The molecule has 6 nitrogen and oxygen atoms in total. The lowest BCUT2D eigenvalue weighted by Crippen LogP contribution is -2.28. The molecule has 0 radical (unpaired) electrons. The normalized spacial score (nSPS) is 20.8. The second kappa shape index (κ2) is 4.51. The van der Waals surface area contributed by atoms with Gasteiger partial charge in [0.05, 0.1) is 5.51 Å². The third-order valence-corrected chi connectivity index (χ3v) is 7.57. The van der Waals surface area contributed by atoms with E-state index < -0.39 is 21.7 Å². The van der Waals surface area contributed by atoms with Crippen LogP contribution in [0.4, 0.5) is 0 Å². The average molecular weight is 318 g/mol. The Labute approximate surface area is 122 Å². The summed E-state index contributed by atoms with van der Waals surface area (Å²) in [5, 5.41) is 8.93. The van der Waals surface area contributed by atoms with Crippen LogP contribution in [-0.2, 0) is 10.0 Å². The van der Waals surface area contributed by atoms with E-state index >= 15 is 0 Å². The molecule has 0 saturated heterocycles. The van der Waals surface area contributed by atoms with E-state index in [9.17, 15) is 13.2 Å². The van der Waals surface area contributed by atoms with Gasteiger partial charge < -0.3 is 5.11 Å². The zero-order chi connectivity index (χ0) is 15.3. The Morgan fingerprint density at radius 2 is 1.95 bits per heavy atom. The number of aromatic nitrogens is 1. The Hall–Kier alpha value is -0.990. The molecule has 0 unspecified atom stereocenters. The summed E-state index contributed by atoms with van der Waals surface area (Å²) in [6.45, 7) is 8.70. The Morgan fingerprint density at radius 1 is 1.40 bits per heavy atom. The van der Waals surface area contributed by atoms with Crippen LogP contribution in [0.1, 0.15) is 38.2 Å². The molecular formula is C12H18N2O4S2. The van der Waals surface area contributed by atoms with Crippen LogP contribution in [0.5, 0.6) is 0 Å². The van der Waals surface area contributed by atoms with Gasteiger partial charge in [-0.25, -0.2) is 22.9 Å². The van der Waals surface area contributed by atoms with E-state index in [1.807, 2.05) is 0 Å². The lowest BCUT2D eigenvalue weighted by atomic mass is 10.0. The topological polar surface area (TPSA) is 96.4 Å². The summed E-state index contributed by atoms with van der Waals surface area (Å²) in [6, 6.07) is 0. The van der Waals surface area contributed by atoms with Crippen LogP contribution in [0, 0.1) is 16.7 Å².